The molecule has 0 bridgehead atoms. The van der Waals surface area contributed by atoms with Gasteiger partial charge in [-0.25, -0.2) is 0 Å². The van der Waals surface area contributed by atoms with Crippen molar-refractivity contribution in [2.45, 2.75) is 19.5 Å². The molecular formula is C10H9F3N2. The average molecular weight is 214 g/mol. The summed E-state index contributed by atoms with van der Waals surface area (Å²) < 4.78 is 37.3. The molecule has 15 heavy (non-hydrogen) atoms. The van der Waals surface area contributed by atoms with Crippen LogP contribution in [0.15, 0.2) is 28.9 Å². The SMILES string of the molecule is CCC1=CC(=C=N)C(C(F)(F)F)=CC1=N. The van der Waals surface area contributed by atoms with E-state index in [9.17, 15) is 13.2 Å². The lowest BCUT2D eigenvalue weighted by molar-refractivity contribution is -0.0888. The lowest BCUT2D eigenvalue weighted by Gasteiger charge is -2.17. The van der Waals surface area contributed by atoms with Crippen LogP contribution in [0.3, 0.4) is 0 Å². The topological polar surface area (TPSA) is 47.7 Å². The number of hydrogen-bond donors (Lipinski definition) is 2. The van der Waals surface area contributed by atoms with Crippen LogP contribution in [-0.2, 0) is 0 Å². The molecule has 0 spiro atoms. The zero-order valence-corrected chi connectivity index (χ0v) is 8.00. The molecule has 0 fully saturated rings. The Bertz CT molecular complexity index is 407. The summed E-state index contributed by atoms with van der Waals surface area (Å²) in [7, 11) is 0. The molecule has 0 saturated heterocycles. The summed E-state index contributed by atoms with van der Waals surface area (Å²) in [5.41, 5.74) is -0.948. The lowest BCUT2D eigenvalue weighted by Crippen LogP contribution is -2.19. The molecule has 2 N–H and O–H groups in total. The average Bonchev–Trinajstić information content (AvgIpc) is 2.16. The molecule has 0 atom stereocenters. The molecule has 0 unspecified atom stereocenters. The molecule has 1 aliphatic carbocycles. The first kappa shape index (κ1) is 11.5. The number of allylic oxidation sites excluding steroid dienone is 5. The standard InChI is InChI=1S/C10H9F3N2/c1-2-6-3-7(5-14)8(4-9(6)15)10(11,12)13/h3-4,14-15H,2H2,1H3. The minimum Gasteiger partial charge on any atom is -0.301 e. The summed E-state index contributed by atoms with van der Waals surface area (Å²) in [6.07, 6.45) is -2.13. The maximum Gasteiger partial charge on any atom is 0.417 e. The van der Waals surface area contributed by atoms with Gasteiger partial charge in [0.25, 0.3) is 0 Å². The first-order chi connectivity index (χ1) is 6.90. The van der Waals surface area contributed by atoms with Gasteiger partial charge in [0.1, 0.15) is 0 Å². The summed E-state index contributed by atoms with van der Waals surface area (Å²) in [5, 5.41) is 14.2. The lowest BCUT2D eigenvalue weighted by atomic mass is 9.92. The van der Waals surface area contributed by atoms with Crippen molar-refractivity contribution in [3.63, 3.8) is 0 Å². The maximum atomic E-state index is 12.4. The molecule has 0 aromatic carbocycles. The van der Waals surface area contributed by atoms with Gasteiger partial charge < -0.3 is 5.41 Å². The Morgan fingerprint density at radius 1 is 1.33 bits per heavy atom. The van der Waals surface area contributed by atoms with Crippen molar-refractivity contribution in [1.82, 2.24) is 0 Å². The van der Waals surface area contributed by atoms with Crippen LogP contribution in [0.4, 0.5) is 13.2 Å². The summed E-state index contributed by atoms with van der Waals surface area (Å²) >= 11 is 0. The Balaban J connectivity index is 3.25. The third-order valence-corrected chi connectivity index (χ3v) is 2.06. The van der Waals surface area contributed by atoms with Crippen LogP contribution < -0.4 is 0 Å². The van der Waals surface area contributed by atoms with Crippen molar-refractivity contribution in [2.24, 2.45) is 0 Å². The Hall–Kier alpha value is -1.61. The van der Waals surface area contributed by atoms with Crippen molar-refractivity contribution in [3.8, 4) is 0 Å². The van der Waals surface area contributed by atoms with Crippen molar-refractivity contribution in [3.05, 3.63) is 28.9 Å². The molecule has 2 nitrogen and oxygen atoms in total. The number of rotatable bonds is 1. The van der Waals surface area contributed by atoms with Gasteiger partial charge in [-0.05, 0) is 30.0 Å². The van der Waals surface area contributed by atoms with Crippen molar-refractivity contribution in [1.29, 1.82) is 10.8 Å². The van der Waals surface area contributed by atoms with E-state index in [2.05, 4.69) is 0 Å². The van der Waals surface area contributed by atoms with Gasteiger partial charge >= 0.3 is 6.18 Å². The van der Waals surface area contributed by atoms with Crippen LogP contribution >= 0.6 is 0 Å². The van der Waals surface area contributed by atoms with Crippen LogP contribution in [0.1, 0.15) is 13.3 Å². The van der Waals surface area contributed by atoms with Gasteiger partial charge in [0, 0.05) is 5.57 Å². The maximum absolute atomic E-state index is 12.4. The fourth-order valence-corrected chi connectivity index (χ4v) is 1.27. The van der Waals surface area contributed by atoms with Crippen LogP contribution in [-0.4, -0.2) is 17.8 Å². The van der Waals surface area contributed by atoms with Crippen molar-refractivity contribution < 1.29 is 13.2 Å². The fraction of sp³-hybridized carbons (Fsp3) is 0.300. The van der Waals surface area contributed by atoms with Crippen LogP contribution in [0.25, 0.3) is 0 Å². The molecule has 1 rings (SSSR count). The quantitative estimate of drug-likeness (QED) is 0.630. The molecule has 0 aliphatic heterocycles. The predicted octanol–water partition coefficient (Wildman–Crippen LogP) is 3.02. The Kier molecular flexibility index (Phi) is 2.95. The predicted molar refractivity (Wildman–Crippen MR) is 51.5 cm³/mol. The molecule has 80 valence electrons. The molecule has 5 heteroatoms. The van der Waals surface area contributed by atoms with E-state index in [4.69, 9.17) is 10.8 Å². The van der Waals surface area contributed by atoms with E-state index in [1.54, 1.807) is 12.8 Å². The highest BCUT2D eigenvalue weighted by molar-refractivity contribution is 6.09. The van der Waals surface area contributed by atoms with Crippen LogP contribution in [0, 0.1) is 10.8 Å². The Morgan fingerprint density at radius 3 is 2.33 bits per heavy atom. The molecular weight excluding hydrogens is 205 g/mol. The van der Waals surface area contributed by atoms with E-state index in [1.165, 1.54) is 6.08 Å². The van der Waals surface area contributed by atoms with E-state index in [-0.39, 0.29) is 11.3 Å². The zero-order valence-electron chi connectivity index (χ0n) is 8.00. The van der Waals surface area contributed by atoms with Gasteiger partial charge in [-0.3, -0.25) is 5.41 Å². The monoisotopic (exact) mass is 214 g/mol. The second-order valence-corrected chi connectivity index (χ2v) is 3.03. The highest BCUT2D eigenvalue weighted by atomic mass is 19.4. The summed E-state index contributed by atoms with van der Waals surface area (Å²) in [5.74, 6) is 1.75. The number of halogens is 3. The van der Waals surface area contributed by atoms with Gasteiger partial charge in [-0.15, -0.1) is 0 Å². The van der Waals surface area contributed by atoms with Crippen molar-refractivity contribution >= 4 is 11.6 Å². The summed E-state index contributed by atoms with van der Waals surface area (Å²) in [4.78, 5) is 0. The highest BCUT2D eigenvalue weighted by Gasteiger charge is 2.37. The largest absolute Gasteiger partial charge is 0.417 e. The number of hydrogen-bond acceptors (Lipinski definition) is 2. The second kappa shape index (κ2) is 3.87. The van der Waals surface area contributed by atoms with Gasteiger partial charge in [0.05, 0.1) is 11.3 Å². The highest BCUT2D eigenvalue weighted by Crippen LogP contribution is 2.34. The summed E-state index contributed by atoms with van der Waals surface area (Å²) in [6.45, 7) is 1.74. The molecule has 0 aromatic heterocycles. The minimum absolute atomic E-state index is 0.149. The van der Waals surface area contributed by atoms with Crippen LogP contribution in [0.5, 0.6) is 0 Å². The molecule has 0 radical (unpaired) electrons. The number of nitrogens with one attached hydrogen (secondary N) is 2. The van der Waals surface area contributed by atoms with E-state index in [0.717, 1.165) is 6.08 Å². The molecule has 0 aromatic rings. The van der Waals surface area contributed by atoms with Gasteiger partial charge in [0.15, 0.2) is 0 Å². The van der Waals surface area contributed by atoms with Gasteiger partial charge in [-0.1, -0.05) is 6.92 Å². The Labute approximate surface area is 84.8 Å². The molecule has 0 saturated carbocycles. The third-order valence-electron chi connectivity index (χ3n) is 2.06. The molecule has 0 heterocycles. The first-order valence-electron chi connectivity index (χ1n) is 4.28. The minimum atomic E-state index is -4.54. The van der Waals surface area contributed by atoms with Gasteiger partial charge in [0.2, 0.25) is 0 Å². The summed E-state index contributed by atoms with van der Waals surface area (Å²) in [6, 6.07) is 0. The van der Waals surface area contributed by atoms with E-state index in [1.807, 2.05) is 0 Å². The van der Waals surface area contributed by atoms with Crippen molar-refractivity contribution in [2.75, 3.05) is 0 Å². The molecule has 1 aliphatic rings. The third kappa shape index (κ3) is 2.25. The first-order valence-corrected chi connectivity index (χ1v) is 4.28. The smallest absolute Gasteiger partial charge is 0.301 e. The normalized spacial score (nSPS) is 17.1. The Morgan fingerprint density at radius 2 is 1.93 bits per heavy atom. The van der Waals surface area contributed by atoms with Crippen LogP contribution in [0.2, 0.25) is 0 Å². The van der Waals surface area contributed by atoms with Gasteiger partial charge in [-0.2, -0.15) is 13.2 Å². The van der Waals surface area contributed by atoms with E-state index >= 15 is 0 Å². The number of alkyl halides is 3. The second-order valence-electron chi connectivity index (χ2n) is 3.03. The molecule has 0 amide bonds. The fourth-order valence-electron chi connectivity index (χ4n) is 1.27. The van der Waals surface area contributed by atoms with E-state index in [0.29, 0.717) is 12.0 Å². The zero-order chi connectivity index (χ0) is 11.6. The van der Waals surface area contributed by atoms with E-state index < -0.39 is 11.7 Å².